The molecule has 2 N–H and O–H groups in total. The van der Waals surface area contributed by atoms with Gasteiger partial charge in [-0.15, -0.1) is 11.3 Å². The fourth-order valence-corrected chi connectivity index (χ4v) is 3.94. The van der Waals surface area contributed by atoms with Gasteiger partial charge in [0.1, 0.15) is 10.6 Å². The van der Waals surface area contributed by atoms with E-state index < -0.39 is 12.0 Å². The first kappa shape index (κ1) is 20.4. The summed E-state index contributed by atoms with van der Waals surface area (Å²) >= 11 is 10.6. The van der Waals surface area contributed by atoms with E-state index in [9.17, 15) is 9.59 Å². The second kappa shape index (κ2) is 9.23. The van der Waals surface area contributed by atoms with Gasteiger partial charge in [0, 0.05) is 26.1 Å². The van der Waals surface area contributed by atoms with Crippen LogP contribution in [0.15, 0.2) is 58.4 Å². The van der Waals surface area contributed by atoms with E-state index in [4.69, 9.17) is 16.3 Å². The van der Waals surface area contributed by atoms with Gasteiger partial charge in [-0.25, -0.2) is 9.59 Å². The average Bonchev–Trinajstić information content (AvgIpc) is 3.06. The number of thiophene rings is 1. The maximum absolute atomic E-state index is 12.6. The van der Waals surface area contributed by atoms with Crippen LogP contribution in [0.25, 0.3) is 11.1 Å². The molecule has 1 heterocycles. The van der Waals surface area contributed by atoms with Crippen LogP contribution in [0.4, 0.5) is 15.5 Å². The van der Waals surface area contributed by atoms with Gasteiger partial charge in [0.2, 0.25) is 0 Å². The predicted octanol–water partition coefficient (Wildman–Crippen LogP) is 6.65. The molecule has 3 aromatic rings. The van der Waals surface area contributed by atoms with Crippen LogP contribution in [-0.2, 0) is 4.74 Å². The quantitative estimate of drug-likeness (QED) is 0.402. The minimum Gasteiger partial charge on any atom is -0.462 e. The van der Waals surface area contributed by atoms with Gasteiger partial charge in [0.25, 0.3) is 0 Å². The summed E-state index contributed by atoms with van der Waals surface area (Å²) in [6.45, 7) is 1.98. The molecule has 0 saturated carbocycles. The number of benzene rings is 2. The van der Waals surface area contributed by atoms with Crippen LogP contribution in [-0.4, -0.2) is 18.6 Å². The Morgan fingerprint density at radius 2 is 1.89 bits per heavy atom. The number of esters is 1. The minimum atomic E-state index is -0.486. The second-order valence-corrected chi connectivity index (χ2v) is 7.90. The maximum Gasteiger partial charge on any atom is 0.341 e. The van der Waals surface area contributed by atoms with Crippen molar-refractivity contribution >= 4 is 61.6 Å². The lowest BCUT2D eigenvalue weighted by Gasteiger charge is -2.10. The summed E-state index contributed by atoms with van der Waals surface area (Å²) in [5, 5.41) is 8.18. The zero-order valence-electron chi connectivity index (χ0n) is 14.8. The number of carbonyl (C=O) groups is 2. The molecule has 0 unspecified atom stereocenters. The summed E-state index contributed by atoms with van der Waals surface area (Å²) in [4.78, 5) is 25.0. The van der Waals surface area contributed by atoms with Crippen LogP contribution in [0.3, 0.4) is 0 Å². The van der Waals surface area contributed by atoms with E-state index in [2.05, 4.69) is 26.6 Å². The zero-order valence-corrected chi connectivity index (χ0v) is 18.0. The first-order valence-corrected chi connectivity index (χ1v) is 10.4. The third kappa shape index (κ3) is 4.92. The lowest BCUT2D eigenvalue weighted by atomic mass is 10.0. The molecular formula is C20H16BrClN2O3S. The van der Waals surface area contributed by atoms with Crippen molar-refractivity contribution in [2.75, 3.05) is 17.2 Å². The third-order valence-corrected chi connectivity index (χ3v) is 5.39. The molecule has 0 aliphatic rings. The molecule has 0 aliphatic carbocycles. The summed E-state index contributed by atoms with van der Waals surface area (Å²) in [6, 6.07) is 13.9. The van der Waals surface area contributed by atoms with Gasteiger partial charge in [-0.2, -0.15) is 0 Å². The van der Waals surface area contributed by atoms with Crippen molar-refractivity contribution in [1.82, 2.24) is 0 Å². The fourth-order valence-electron chi connectivity index (χ4n) is 2.53. The monoisotopic (exact) mass is 478 g/mol. The van der Waals surface area contributed by atoms with Gasteiger partial charge < -0.3 is 10.1 Å². The van der Waals surface area contributed by atoms with Gasteiger partial charge in [0.05, 0.1) is 6.61 Å². The molecule has 0 spiro atoms. The van der Waals surface area contributed by atoms with Crippen LogP contribution >= 0.6 is 38.9 Å². The van der Waals surface area contributed by atoms with E-state index in [1.165, 1.54) is 11.3 Å². The van der Waals surface area contributed by atoms with Crippen molar-refractivity contribution < 1.29 is 14.3 Å². The van der Waals surface area contributed by atoms with Crippen molar-refractivity contribution in [2.45, 2.75) is 6.92 Å². The highest BCUT2D eigenvalue weighted by Crippen LogP contribution is 2.36. The summed E-state index contributed by atoms with van der Waals surface area (Å²) in [6.07, 6.45) is 0. The molecule has 144 valence electrons. The van der Waals surface area contributed by atoms with Crippen LogP contribution < -0.4 is 10.6 Å². The standard InChI is InChI=1S/C20H16BrClN2O3S/c1-2-27-19(25)17-16(12-6-8-13(21)9-7-12)11-28-18(17)24-20(26)23-15-5-3-4-14(22)10-15/h3-11H,2H2,1H3,(H2,23,24,26). The Balaban J connectivity index is 1.88. The second-order valence-electron chi connectivity index (χ2n) is 5.67. The van der Waals surface area contributed by atoms with Crippen LogP contribution in [0.1, 0.15) is 17.3 Å². The molecule has 0 saturated heterocycles. The maximum atomic E-state index is 12.6. The van der Waals surface area contributed by atoms with E-state index in [-0.39, 0.29) is 6.61 Å². The van der Waals surface area contributed by atoms with Crippen molar-refractivity contribution in [3.05, 3.63) is 69.0 Å². The number of halogens is 2. The fraction of sp³-hybridized carbons (Fsp3) is 0.100. The molecule has 3 rings (SSSR count). The number of amides is 2. The van der Waals surface area contributed by atoms with Gasteiger partial charge in [-0.05, 0) is 42.8 Å². The van der Waals surface area contributed by atoms with Crippen molar-refractivity contribution in [3.8, 4) is 11.1 Å². The van der Waals surface area contributed by atoms with Crippen LogP contribution in [0.5, 0.6) is 0 Å². The Kier molecular flexibility index (Phi) is 6.72. The molecule has 0 radical (unpaired) electrons. The number of anilines is 2. The number of hydrogen-bond donors (Lipinski definition) is 2. The first-order chi connectivity index (χ1) is 13.5. The Morgan fingerprint density at radius 1 is 1.14 bits per heavy atom. The number of urea groups is 1. The Labute approximate surface area is 179 Å². The molecule has 0 atom stereocenters. The zero-order chi connectivity index (χ0) is 20.1. The lowest BCUT2D eigenvalue weighted by molar-refractivity contribution is 0.0529. The number of nitrogens with one attached hydrogen (secondary N) is 2. The van der Waals surface area contributed by atoms with Crippen LogP contribution in [0.2, 0.25) is 5.02 Å². The van der Waals surface area contributed by atoms with Crippen molar-refractivity contribution in [2.24, 2.45) is 0 Å². The molecule has 2 amide bonds. The third-order valence-electron chi connectivity index (χ3n) is 3.74. The van der Waals surface area contributed by atoms with E-state index in [1.807, 2.05) is 29.6 Å². The normalized spacial score (nSPS) is 10.4. The van der Waals surface area contributed by atoms with Gasteiger partial charge in [-0.3, -0.25) is 5.32 Å². The summed E-state index contributed by atoms with van der Waals surface area (Å²) in [5.41, 5.74) is 2.43. The van der Waals surface area contributed by atoms with E-state index in [1.54, 1.807) is 31.2 Å². The average molecular weight is 480 g/mol. The molecular weight excluding hydrogens is 464 g/mol. The predicted molar refractivity (Wildman–Crippen MR) is 118 cm³/mol. The SMILES string of the molecule is CCOC(=O)c1c(-c2ccc(Br)cc2)csc1NC(=O)Nc1cccc(Cl)c1. The smallest absolute Gasteiger partial charge is 0.341 e. The Hall–Kier alpha value is -2.35. The Morgan fingerprint density at radius 3 is 2.57 bits per heavy atom. The number of ether oxygens (including phenoxy) is 1. The molecule has 0 aliphatic heterocycles. The molecule has 1 aromatic heterocycles. The van der Waals surface area contributed by atoms with Crippen molar-refractivity contribution in [3.63, 3.8) is 0 Å². The van der Waals surface area contributed by atoms with Gasteiger partial charge in [-0.1, -0.05) is 45.7 Å². The summed E-state index contributed by atoms with van der Waals surface area (Å²) in [5.74, 6) is -0.486. The van der Waals surface area contributed by atoms with Crippen molar-refractivity contribution in [1.29, 1.82) is 0 Å². The van der Waals surface area contributed by atoms with Gasteiger partial charge in [0.15, 0.2) is 0 Å². The number of rotatable bonds is 5. The molecule has 5 nitrogen and oxygen atoms in total. The number of carbonyl (C=O) groups excluding carboxylic acids is 2. The topological polar surface area (TPSA) is 67.4 Å². The minimum absolute atomic E-state index is 0.239. The van der Waals surface area contributed by atoms with E-state index in [0.29, 0.717) is 26.8 Å². The Bertz CT molecular complexity index is 1000. The lowest BCUT2D eigenvalue weighted by Crippen LogP contribution is -2.20. The first-order valence-electron chi connectivity index (χ1n) is 8.36. The van der Waals surface area contributed by atoms with Gasteiger partial charge >= 0.3 is 12.0 Å². The molecule has 2 aromatic carbocycles. The van der Waals surface area contributed by atoms with Crippen LogP contribution in [0, 0.1) is 0 Å². The molecule has 8 heteroatoms. The molecule has 0 bridgehead atoms. The summed E-state index contributed by atoms with van der Waals surface area (Å²) < 4.78 is 6.13. The molecule has 28 heavy (non-hydrogen) atoms. The number of hydrogen-bond acceptors (Lipinski definition) is 4. The molecule has 0 fully saturated rings. The van der Waals surface area contributed by atoms with E-state index in [0.717, 1.165) is 10.0 Å². The highest BCUT2D eigenvalue weighted by molar-refractivity contribution is 9.10. The highest BCUT2D eigenvalue weighted by Gasteiger charge is 2.22. The highest BCUT2D eigenvalue weighted by atomic mass is 79.9. The largest absolute Gasteiger partial charge is 0.462 e. The van der Waals surface area contributed by atoms with E-state index >= 15 is 0 Å². The summed E-state index contributed by atoms with van der Waals surface area (Å²) in [7, 11) is 0.